The predicted molar refractivity (Wildman–Crippen MR) is 47.0 cm³/mol. The standard InChI is InChI=1S/C10H8NO/c1-3-9-4-6-10(7-5-9)11-8(2)12/h4-7H,2H3,(H,11,12). The van der Waals surface area contributed by atoms with Gasteiger partial charge in [-0.3, -0.25) is 4.79 Å². The molecule has 2 heteroatoms. The fourth-order valence-corrected chi connectivity index (χ4v) is 0.840. The van der Waals surface area contributed by atoms with Crippen LogP contribution in [0.5, 0.6) is 0 Å². The van der Waals surface area contributed by atoms with Crippen molar-refractivity contribution >= 4 is 11.6 Å². The number of rotatable bonds is 1. The number of nitrogens with one attached hydrogen (secondary N) is 1. The normalized spacial score (nSPS) is 8.67. The van der Waals surface area contributed by atoms with E-state index in [0.717, 1.165) is 5.69 Å². The molecule has 0 atom stereocenters. The minimum atomic E-state index is -0.0958. The van der Waals surface area contributed by atoms with Crippen molar-refractivity contribution in [3.63, 3.8) is 0 Å². The van der Waals surface area contributed by atoms with Gasteiger partial charge in [0.05, 0.1) is 0 Å². The Kier molecular flexibility index (Phi) is 2.49. The van der Waals surface area contributed by atoms with Gasteiger partial charge in [0.1, 0.15) is 0 Å². The molecule has 0 saturated heterocycles. The van der Waals surface area contributed by atoms with Crippen LogP contribution >= 0.6 is 0 Å². The number of hydrogen-bond donors (Lipinski definition) is 1. The quantitative estimate of drug-likeness (QED) is 0.618. The zero-order chi connectivity index (χ0) is 8.97. The second-order valence-electron chi connectivity index (χ2n) is 2.38. The first-order valence-electron chi connectivity index (χ1n) is 3.53. The van der Waals surface area contributed by atoms with E-state index in [-0.39, 0.29) is 5.91 Å². The maximum absolute atomic E-state index is 10.6. The van der Waals surface area contributed by atoms with E-state index in [2.05, 4.69) is 11.2 Å². The van der Waals surface area contributed by atoms with Crippen molar-refractivity contribution in [2.24, 2.45) is 0 Å². The predicted octanol–water partition coefficient (Wildman–Crippen LogP) is 1.58. The van der Waals surface area contributed by atoms with E-state index >= 15 is 0 Å². The Labute approximate surface area is 71.6 Å². The minimum Gasteiger partial charge on any atom is -0.326 e. The van der Waals surface area contributed by atoms with E-state index in [0.29, 0.717) is 5.56 Å². The van der Waals surface area contributed by atoms with Gasteiger partial charge in [0, 0.05) is 18.2 Å². The summed E-state index contributed by atoms with van der Waals surface area (Å²) in [6.45, 7) is 1.46. The van der Waals surface area contributed by atoms with Gasteiger partial charge in [0.2, 0.25) is 5.91 Å². The van der Waals surface area contributed by atoms with Crippen LogP contribution in [0.4, 0.5) is 5.69 Å². The van der Waals surface area contributed by atoms with E-state index in [4.69, 9.17) is 6.42 Å². The van der Waals surface area contributed by atoms with E-state index < -0.39 is 0 Å². The van der Waals surface area contributed by atoms with Gasteiger partial charge in [-0.15, -0.1) is 0 Å². The van der Waals surface area contributed by atoms with Crippen molar-refractivity contribution in [2.75, 3.05) is 5.32 Å². The average molecular weight is 158 g/mol. The summed E-state index contributed by atoms with van der Waals surface area (Å²) >= 11 is 0. The van der Waals surface area contributed by atoms with Gasteiger partial charge in [-0.1, -0.05) is 5.92 Å². The summed E-state index contributed by atoms with van der Waals surface area (Å²) in [5, 5.41) is 2.63. The number of carbonyl (C=O) groups excluding carboxylic acids is 1. The Bertz CT molecular complexity index is 319. The van der Waals surface area contributed by atoms with E-state index in [9.17, 15) is 4.79 Å². The summed E-state index contributed by atoms with van der Waals surface area (Å²) in [6, 6.07) is 6.91. The molecule has 0 fully saturated rings. The van der Waals surface area contributed by atoms with Crippen LogP contribution in [0.25, 0.3) is 0 Å². The molecule has 0 heterocycles. The largest absolute Gasteiger partial charge is 0.326 e. The summed E-state index contributed by atoms with van der Waals surface area (Å²) in [5.41, 5.74) is 1.44. The van der Waals surface area contributed by atoms with Crippen LogP contribution in [-0.4, -0.2) is 5.91 Å². The van der Waals surface area contributed by atoms with Gasteiger partial charge in [-0.25, -0.2) is 0 Å². The Hall–Kier alpha value is -1.75. The number of amides is 1. The highest BCUT2D eigenvalue weighted by Gasteiger charge is 1.93. The van der Waals surface area contributed by atoms with Crippen molar-refractivity contribution < 1.29 is 4.79 Å². The molecule has 0 spiro atoms. The number of carbonyl (C=O) groups is 1. The van der Waals surface area contributed by atoms with Crippen LogP contribution in [0.3, 0.4) is 0 Å². The molecule has 12 heavy (non-hydrogen) atoms. The van der Waals surface area contributed by atoms with E-state index in [1.165, 1.54) is 6.92 Å². The summed E-state index contributed by atoms with van der Waals surface area (Å²) in [4.78, 5) is 10.6. The highest BCUT2D eigenvalue weighted by atomic mass is 16.1. The second-order valence-corrected chi connectivity index (χ2v) is 2.38. The van der Waals surface area contributed by atoms with Crippen LogP contribution in [0.15, 0.2) is 24.3 Å². The molecule has 1 amide bonds. The topological polar surface area (TPSA) is 29.1 Å². The Morgan fingerprint density at radius 2 is 2.00 bits per heavy atom. The zero-order valence-electron chi connectivity index (χ0n) is 6.72. The number of hydrogen-bond acceptors (Lipinski definition) is 1. The lowest BCUT2D eigenvalue weighted by molar-refractivity contribution is -0.114. The molecule has 2 nitrogen and oxygen atoms in total. The van der Waals surface area contributed by atoms with Crippen LogP contribution in [-0.2, 0) is 4.79 Å². The maximum atomic E-state index is 10.6. The van der Waals surface area contributed by atoms with Crippen molar-refractivity contribution in [3.8, 4) is 5.92 Å². The molecule has 1 N–H and O–H groups in total. The summed E-state index contributed by atoms with van der Waals surface area (Å²) in [5.74, 6) is 2.15. The highest BCUT2D eigenvalue weighted by molar-refractivity contribution is 5.88. The molecule has 0 aliphatic rings. The molecular formula is C10H8NO. The van der Waals surface area contributed by atoms with E-state index in [1.807, 2.05) is 0 Å². The molecule has 0 aromatic heterocycles. The van der Waals surface area contributed by atoms with Gasteiger partial charge in [0.25, 0.3) is 0 Å². The van der Waals surface area contributed by atoms with Gasteiger partial charge in [-0.05, 0) is 30.7 Å². The minimum absolute atomic E-state index is 0.0958. The zero-order valence-corrected chi connectivity index (χ0v) is 6.72. The highest BCUT2D eigenvalue weighted by Crippen LogP contribution is 2.07. The Morgan fingerprint density at radius 1 is 1.42 bits per heavy atom. The lowest BCUT2D eigenvalue weighted by Gasteiger charge is -2.00. The number of benzene rings is 1. The fraction of sp³-hybridized carbons (Fsp3) is 0.100. The van der Waals surface area contributed by atoms with Gasteiger partial charge in [-0.2, -0.15) is 0 Å². The van der Waals surface area contributed by atoms with Gasteiger partial charge in [0.15, 0.2) is 0 Å². The van der Waals surface area contributed by atoms with Crippen LogP contribution in [0, 0.1) is 12.3 Å². The third-order valence-electron chi connectivity index (χ3n) is 1.35. The molecule has 1 rings (SSSR count). The molecule has 1 aromatic rings. The molecule has 1 radical (unpaired) electrons. The van der Waals surface area contributed by atoms with Crippen LogP contribution in [0.2, 0.25) is 0 Å². The molecule has 0 bridgehead atoms. The van der Waals surface area contributed by atoms with Crippen molar-refractivity contribution in [2.45, 2.75) is 6.92 Å². The monoisotopic (exact) mass is 158 g/mol. The third kappa shape index (κ3) is 2.14. The van der Waals surface area contributed by atoms with Gasteiger partial charge < -0.3 is 5.32 Å². The first kappa shape index (κ1) is 8.35. The smallest absolute Gasteiger partial charge is 0.221 e. The Morgan fingerprint density at radius 3 is 2.42 bits per heavy atom. The molecule has 0 aliphatic heterocycles. The second kappa shape index (κ2) is 3.59. The molecule has 0 saturated carbocycles. The molecule has 0 aliphatic carbocycles. The summed E-state index contributed by atoms with van der Waals surface area (Å²) in [7, 11) is 0. The lowest BCUT2D eigenvalue weighted by atomic mass is 10.2. The fourth-order valence-electron chi connectivity index (χ4n) is 0.840. The third-order valence-corrected chi connectivity index (χ3v) is 1.35. The summed E-state index contributed by atoms with van der Waals surface area (Å²) in [6.07, 6.45) is 6.82. The van der Waals surface area contributed by atoms with Crippen LogP contribution in [0.1, 0.15) is 12.5 Å². The van der Waals surface area contributed by atoms with Crippen LogP contribution < -0.4 is 5.32 Å². The lowest BCUT2D eigenvalue weighted by Crippen LogP contribution is -2.05. The van der Waals surface area contributed by atoms with Crippen molar-refractivity contribution in [3.05, 3.63) is 36.3 Å². The van der Waals surface area contributed by atoms with Crippen molar-refractivity contribution in [1.82, 2.24) is 0 Å². The Balaban J connectivity index is 2.80. The first-order valence-corrected chi connectivity index (χ1v) is 3.53. The molecular weight excluding hydrogens is 150 g/mol. The van der Waals surface area contributed by atoms with Gasteiger partial charge >= 0.3 is 0 Å². The summed E-state index contributed by atoms with van der Waals surface area (Å²) < 4.78 is 0. The van der Waals surface area contributed by atoms with E-state index in [1.54, 1.807) is 24.3 Å². The molecule has 1 aromatic carbocycles. The SMILES string of the molecule is [C]#Cc1ccc(NC(C)=O)cc1. The van der Waals surface area contributed by atoms with Crippen molar-refractivity contribution in [1.29, 1.82) is 0 Å². The first-order chi connectivity index (χ1) is 5.72. The molecule has 59 valence electrons. The molecule has 0 unspecified atom stereocenters. The average Bonchev–Trinajstić information content (AvgIpc) is 2.05. The number of anilines is 1. The maximum Gasteiger partial charge on any atom is 0.221 e.